The number of nitrogens with two attached hydrogens (primary N) is 1. The lowest BCUT2D eigenvalue weighted by atomic mass is 10.2. The van der Waals surface area contributed by atoms with Crippen molar-refractivity contribution in [3.8, 4) is 11.4 Å². The lowest BCUT2D eigenvalue weighted by molar-refractivity contribution is 0.122. The number of rotatable bonds is 4. The van der Waals surface area contributed by atoms with Crippen LogP contribution < -0.4 is 10.6 Å². The predicted molar refractivity (Wildman–Crippen MR) is 113 cm³/mol. The molecule has 1 aliphatic carbocycles. The average Bonchev–Trinajstić information content (AvgIpc) is 3.42. The topological polar surface area (TPSA) is 95.0 Å². The van der Waals surface area contributed by atoms with Gasteiger partial charge in [0.25, 0.3) is 0 Å². The molecule has 1 aliphatic heterocycles. The number of nitrogen functional groups attached to an aromatic ring is 1. The van der Waals surface area contributed by atoms with Crippen molar-refractivity contribution >= 4 is 22.7 Å². The van der Waals surface area contributed by atoms with Crippen molar-refractivity contribution in [3.05, 3.63) is 24.0 Å². The van der Waals surface area contributed by atoms with E-state index >= 15 is 0 Å². The molecule has 3 aromatic rings. The Balaban J connectivity index is 1.59. The molecule has 0 amide bonds. The van der Waals surface area contributed by atoms with Gasteiger partial charge in [-0.15, -0.1) is 0 Å². The molecule has 0 bridgehead atoms. The Morgan fingerprint density at radius 3 is 2.72 bits per heavy atom. The van der Waals surface area contributed by atoms with Gasteiger partial charge in [0.1, 0.15) is 11.6 Å². The number of nitrogens with zero attached hydrogens (tertiary/aromatic N) is 6. The van der Waals surface area contributed by atoms with Gasteiger partial charge in [-0.1, -0.05) is 19.8 Å². The van der Waals surface area contributed by atoms with Crippen molar-refractivity contribution in [2.24, 2.45) is 0 Å². The van der Waals surface area contributed by atoms with E-state index in [1.807, 2.05) is 18.3 Å². The van der Waals surface area contributed by atoms with E-state index in [9.17, 15) is 0 Å². The Bertz CT molecular complexity index is 1020. The number of hydrogen-bond acceptors (Lipinski definition) is 7. The number of anilines is 2. The first kappa shape index (κ1) is 18.3. The fourth-order valence-electron chi connectivity index (χ4n) is 4.44. The van der Waals surface area contributed by atoms with Crippen molar-refractivity contribution in [1.29, 1.82) is 0 Å². The van der Waals surface area contributed by atoms with E-state index in [1.165, 1.54) is 12.8 Å². The van der Waals surface area contributed by atoms with Crippen LogP contribution in [0, 0.1) is 0 Å². The van der Waals surface area contributed by atoms with Crippen LogP contribution in [0.5, 0.6) is 0 Å². The van der Waals surface area contributed by atoms with Gasteiger partial charge in [-0.3, -0.25) is 0 Å². The Morgan fingerprint density at radius 1 is 1.17 bits per heavy atom. The maximum absolute atomic E-state index is 6.42. The molecule has 8 nitrogen and oxygen atoms in total. The highest BCUT2D eigenvalue weighted by molar-refractivity contribution is 5.90. The number of fused-ring (bicyclic) bond motifs is 1. The molecule has 4 heterocycles. The van der Waals surface area contributed by atoms with Crippen LogP contribution >= 0.6 is 0 Å². The maximum atomic E-state index is 6.42. The maximum Gasteiger partial charge on any atom is 0.164 e. The third kappa shape index (κ3) is 3.31. The first-order chi connectivity index (χ1) is 14.2. The minimum atomic E-state index is 0.404. The SMILES string of the molecule is CCc1nn(C2CCCC2)c2nc(-c3ccnc(N4CCOCC4)c3)nc(N)c12. The van der Waals surface area contributed by atoms with Gasteiger partial charge in [0.2, 0.25) is 0 Å². The van der Waals surface area contributed by atoms with E-state index in [0.717, 1.165) is 73.7 Å². The predicted octanol–water partition coefficient (Wildman–Crippen LogP) is 2.98. The van der Waals surface area contributed by atoms with Gasteiger partial charge in [0.15, 0.2) is 11.5 Å². The molecular formula is C21H27N7O. The van der Waals surface area contributed by atoms with E-state index in [1.54, 1.807) is 0 Å². The van der Waals surface area contributed by atoms with Gasteiger partial charge in [-0.25, -0.2) is 19.6 Å². The summed E-state index contributed by atoms with van der Waals surface area (Å²) in [4.78, 5) is 16.4. The molecule has 0 radical (unpaired) electrons. The molecule has 2 N–H and O–H groups in total. The van der Waals surface area contributed by atoms with Crippen molar-refractivity contribution in [2.45, 2.75) is 45.1 Å². The molecule has 1 saturated carbocycles. The Kier molecular flexibility index (Phi) is 4.79. The van der Waals surface area contributed by atoms with Crippen LogP contribution in [0.2, 0.25) is 0 Å². The van der Waals surface area contributed by atoms with E-state index in [4.69, 9.17) is 20.6 Å². The molecule has 2 fully saturated rings. The standard InChI is InChI=1S/C21H27N7O/c1-2-16-18-19(22)24-20(25-21(18)28(26-16)15-5-3-4-6-15)14-7-8-23-17(13-14)27-9-11-29-12-10-27/h7-8,13,15H,2-6,9-12H2,1H3,(H2,22,24,25). The largest absolute Gasteiger partial charge is 0.383 e. The second-order valence-corrected chi connectivity index (χ2v) is 7.82. The Labute approximate surface area is 170 Å². The zero-order chi connectivity index (χ0) is 19.8. The molecule has 0 unspecified atom stereocenters. The summed E-state index contributed by atoms with van der Waals surface area (Å²) >= 11 is 0. The average molecular weight is 393 g/mol. The van der Waals surface area contributed by atoms with Gasteiger partial charge in [-0.05, 0) is 31.4 Å². The minimum Gasteiger partial charge on any atom is -0.383 e. The van der Waals surface area contributed by atoms with E-state index < -0.39 is 0 Å². The minimum absolute atomic E-state index is 0.404. The fraction of sp³-hybridized carbons (Fsp3) is 0.524. The van der Waals surface area contributed by atoms with Gasteiger partial charge < -0.3 is 15.4 Å². The zero-order valence-electron chi connectivity index (χ0n) is 16.8. The third-order valence-electron chi connectivity index (χ3n) is 6.00. The summed E-state index contributed by atoms with van der Waals surface area (Å²) in [6.45, 7) is 5.23. The number of ether oxygens (including phenoxy) is 1. The fourth-order valence-corrected chi connectivity index (χ4v) is 4.44. The van der Waals surface area contributed by atoms with Gasteiger partial charge in [0, 0.05) is 24.8 Å². The number of hydrogen-bond donors (Lipinski definition) is 1. The van der Waals surface area contributed by atoms with Crippen molar-refractivity contribution in [1.82, 2.24) is 24.7 Å². The lowest BCUT2D eigenvalue weighted by Gasteiger charge is -2.27. The van der Waals surface area contributed by atoms with Crippen LogP contribution in [0.1, 0.15) is 44.3 Å². The quantitative estimate of drug-likeness (QED) is 0.728. The smallest absolute Gasteiger partial charge is 0.164 e. The van der Waals surface area contributed by atoms with E-state index in [0.29, 0.717) is 17.7 Å². The summed E-state index contributed by atoms with van der Waals surface area (Å²) in [5.74, 6) is 2.07. The van der Waals surface area contributed by atoms with Crippen LogP contribution in [-0.4, -0.2) is 51.0 Å². The monoisotopic (exact) mass is 393 g/mol. The summed E-state index contributed by atoms with van der Waals surface area (Å²) in [5, 5.41) is 5.78. The molecule has 29 heavy (non-hydrogen) atoms. The molecule has 0 spiro atoms. The molecule has 5 rings (SSSR count). The third-order valence-corrected chi connectivity index (χ3v) is 6.00. The van der Waals surface area contributed by atoms with E-state index in [2.05, 4.69) is 26.5 Å². The first-order valence-electron chi connectivity index (χ1n) is 10.6. The van der Waals surface area contributed by atoms with Crippen LogP contribution in [0.25, 0.3) is 22.4 Å². The summed E-state index contributed by atoms with van der Waals surface area (Å²) in [6, 6.07) is 4.39. The highest BCUT2D eigenvalue weighted by Gasteiger charge is 2.24. The Hall–Kier alpha value is -2.74. The molecule has 2 aliphatic rings. The summed E-state index contributed by atoms with van der Waals surface area (Å²) in [6.07, 6.45) is 7.42. The van der Waals surface area contributed by atoms with Crippen LogP contribution in [0.3, 0.4) is 0 Å². The highest BCUT2D eigenvalue weighted by atomic mass is 16.5. The van der Waals surface area contributed by atoms with Gasteiger partial charge in [-0.2, -0.15) is 5.10 Å². The summed E-state index contributed by atoms with van der Waals surface area (Å²) < 4.78 is 7.56. The van der Waals surface area contributed by atoms with Crippen LogP contribution in [0.4, 0.5) is 11.6 Å². The molecule has 0 atom stereocenters. The van der Waals surface area contributed by atoms with E-state index in [-0.39, 0.29) is 0 Å². The summed E-state index contributed by atoms with van der Waals surface area (Å²) in [5.41, 5.74) is 9.19. The van der Waals surface area contributed by atoms with Crippen LogP contribution in [0.15, 0.2) is 18.3 Å². The Morgan fingerprint density at radius 2 is 1.97 bits per heavy atom. The van der Waals surface area contributed by atoms with Crippen molar-refractivity contribution in [2.75, 3.05) is 36.9 Å². The number of morpholine rings is 1. The number of pyridine rings is 1. The second kappa shape index (κ2) is 7.59. The first-order valence-corrected chi connectivity index (χ1v) is 10.6. The van der Waals surface area contributed by atoms with Gasteiger partial charge >= 0.3 is 0 Å². The molecule has 0 aromatic carbocycles. The number of aromatic nitrogens is 5. The molecular weight excluding hydrogens is 366 g/mol. The lowest BCUT2D eigenvalue weighted by Crippen LogP contribution is -2.36. The molecule has 3 aromatic heterocycles. The molecule has 8 heteroatoms. The van der Waals surface area contributed by atoms with Crippen molar-refractivity contribution < 1.29 is 4.74 Å². The summed E-state index contributed by atoms with van der Waals surface area (Å²) in [7, 11) is 0. The van der Waals surface area contributed by atoms with Crippen molar-refractivity contribution in [3.63, 3.8) is 0 Å². The zero-order valence-corrected chi connectivity index (χ0v) is 16.8. The normalized spacial score (nSPS) is 18.0. The molecule has 1 saturated heterocycles. The highest BCUT2D eigenvalue weighted by Crippen LogP contribution is 2.34. The number of aryl methyl sites for hydroxylation is 1. The van der Waals surface area contributed by atoms with Crippen LogP contribution in [-0.2, 0) is 11.2 Å². The molecule has 152 valence electrons. The second-order valence-electron chi connectivity index (χ2n) is 7.82. The van der Waals surface area contributed by atoms with Gasteiger partial charge in [0.05, 0.1) is 30.3 Å².